The first kappa shape index (κ1) is 19.9. The van der Waals surface area contributed by atoms with E-state index in [9.17, 15) is 18.1 Å². The van der Waals surface area contributed by atoms with Crippen molar-refractivity contribution >= 4 is 17.3 Å². The number of aliphatic carboxylic acids is 1. The van der Waals surface area contributed by atoms with Gasteiger partial charge < -0.3 is 9.66 Å². The summed E-state index contributed by atoms with van der Waals surface area (Å²) >= 11 is -1.47. The highest BCUT2D eigenvalue weighted by atomic mass is 32.2. The minimum absolute atomic E-state index is 0.141. The summed E-state index contributed by atoms with van der Waals surface area (Å²) in [7, 11) is 0. The third-order valence-corrected chi connectivity index (χ3v) is 5.20. The fourth-order valence-electron chi connectivity index (χ4n) is 2.04. The van der Waals surface area contributed by atoms with Crippen LogP contribution in [0.15, 0.2) is 18.2 Å². The summed E-state index contributed by atoms with van der Waals surface area (Å²) in [5, 5.41) is 9.09. The number of carboxylic acids is 1. The number of hydrogen-bond donors (Lipinski definition) is 2. The van der Waals surface area contributed by atoms with Crippen LogP contribution in [-0.2, 0) is 22.6 Å². The zero-order chi connectivity index (χ0) is 17.8. The Kier molecular flexibility index (Phi) is 6.56. The molecule has 1 aromatic rings. The van der Waals surface area contributed by atoms with E-state index in [1.807, 2.05) is 0 Å². The lowest BCUT2D eigenvalue weighted by atomic mass is 9.91. The quantitative estimate of drug-likeness (QED) is 0.743. The lowest BCUT2D eigenvalue weighted by Gasteiger charge is -2.34. The fraction of sp³-hybridized carbons (Fsp3) is 0.562. The van der Waals surface area contributed by atoms with Crippen LogP contribution in [0.4, 0.5) is 8.78 Å². The van der Waals surface area contributed by atoms with Gasteiger partial charge in [-0.2, -0.15) is 0 Å². The van der Waals surface area contributed by atoms with Gasteiger partial charge in [0.25, 0.3) is 0 Å². The Morgan fingerprint density at radius 1 is 1.30 bits per heavy atom. The standard InChI is InChI=1S/C16H23F2NO3S/c1-15(2,3)23(22)19-16(4,10-13(20)21)9-8-11-6-5-7-12(17)14(11)18/h5-7,19H,8-10H2,1-4H3,(H,20,21)/t16-,23?/m0/s1. The first-order valence-corrected chi connectivity index (χ1v) is 8.44. The van der Waals surface area contributed by atoms with Crippen LogP contribution in [0.25, 0.3) is 0 Å². The predicted molar refractivity (Wildman–Crippen MR) is 86.4 cm³/mol. The summed E-state index contributed by atoms with van der Waals surface area (Å²) in [5.74, 6) is -2.92. The van der Waals surface area contributed by atoms with Gasteiger partial charge in [-0.1, -0.05) is 12.1 Å². The molecule has 0 aliphatic carbocycles. The summed E-state index contributed by atoms with van der Waals surface area (Å²) in [6, 6.07) is 3.89. The molecule has 7 heteroatoms. The van der Waals surface area contributed by atoms with Crippen molar-refractivity contribution in [2.24, 2.45) is 0 Å². The SMILES string of the molecule is CC(C)(C)[S+]([O-])N[C@@](C)(CCc1cccc(F)c1F)CC(=O)O. The van der Waals surface area contributed by atoms with Crippen molar-refractivity contribution in [3.63, 3.8) is 0 Å². The van der Waals surface area contributed by atoms with Crippen LogP contribution in [0.2, 0.25) is 0 Å². The Balaban J connectivity index is 2.89. The molecule has 1 unspecified atom stereocenters. The van der Waals surface area contributed by atoms with Crippen LogP contribution >= 0.6 is 0 Å². The maximum atomic E-state index is 13.7. The number of aryl methyl sites for hydroxylation is 1. The van der Waals surface area contributed by atoms with Crippen molar-refractivity contribution < 1.29 is 23.2 Å². The van der Waals surface area contributed by atoms with Crippen LogP contribution in [0.5, 0.6) is 0 Å². The minimum Gasteiger partial charge on any atom is -0.598 e. The summed E-state index contributed by atoms with van der Waals surface area (Å²) in [6.07, 6.45) is 0.0783. The second-order valence-corrected chi connectivity index (χ2v) is 8.79. The number of halogens is 2. The highest BCUT2D eigenvalue weighted by Crippen LogP contribution is 2.25. The van der Waals surface area contributed by atoms with Gasteiger partial charge in [-0.3, -0.25) is 4.79 Å². The average molecular weight is 347 g/mol. The van der Waals surface area contributed by atoms with Gasteiger partial charge in [0.2, 0.25) is 0 Å². The van der Waals surface area contributed by atoms with Crippen molar-refractivity contribution in [3.05, 3.63) is 35.4 Å². The molecule has 23 heavy (non-hydrogen) atoms. The maximum absolute atomic E-state index is 13.7. The van der Waals surface area contributed by atoms with Crippen molar-refractivity contribution in [1.82, 2.24) is 4.72 Å². The van der Waals surface area contributed by atoms with E-state index in [1.165, 1.54) is 12.1 Å². The number of carbonyl (C=O) groups is 1. The van der Waals surface area contributed by atoms with Crippen molar-refractivity contribution in [2.75, 3.05) is 0 Å². The fourth-order valence-corrected chi connectivity index (χ4v) is 2.97. The number of benzene rings is 1. The largest absolute Gasteiger partial charge is 0.598 e. The van der Waals surface area contributed by atoms with Gasteiger partial charge in [0, 0.05) is 11.4 Å². The lowest BCUT2D eigenvalue weighted by Crippen LogP contribution is -2.52. The van der Waals surface area contributed by atoms with Gasteiger partial charge in [0.1, 0.15) is 4.75 Å². The molecule has 130 valence electrons. The zero-order valence-corrected chi connectivity index (χ0v) is 14.6. The van der Waals surface area contributed by atoms with Crippen LogP contribution in [0.3, 0.4) is 0 Å². The van der Waals surface area contributed by atoms with E-state index in [-0.39, 0.29) is 24.8 Å². The van der Waals surface area contributed by atoms with Crippen LogP contribution in [0.1, 0.15) is 46.1 Å². The molecule has 0 spiro atoms. The molecule has 2 atom stereocenters. The van der Waals surface area contributed by atoms with Crippen molar-refractivity contribution in [1.29, 1.82) is 0 Å². The second-order valence-electron chi connectivity index (χ2n) is 6.83. The van der Waals surface area contributed by atoms with E-state index < -0.39 is 39.3 Å². The molecule has 0 fully saturated rings. The molecule has 0 aliphatic heterocycles. The normalized spacial score (nSPS) is 16.0. The van der Waals surface area contributed by atoms with Gasteiger partial charge in [-0.05, 0) is 52.2 Å². The zero-order valence-electron chi connectivity index (χ0n) is 13.8. The summed E-state index contributed by atoms with van der Waals surface area (Å²) in [6.45, 7) is 6.93. The van der Waals surface area contributed by atoms with E-state index in [1.54, 1.807) is 27.7 Å². The first-order chi connectivity index (χ1) is 10.4. The maximum Gasteiger partial charge on any atom is 0.305 e. The average Bonchev–Trinajstić information content (AvgIpc) is 2.38. The Bertz CT molecular complexity index is 563. The molecular formula is C16H23F2NO3S. The molecule has 4 nitrogen and oxygen atoms in total. The van der Waals surface area contributed by atoms with E-state index >= 15 is 0 Å². The van der Waals surface area contributed by atoms with Gasteiger partial charge in [-0.15, -0.1) is 4.72 Å². The van der Waals surface area contributed by atoms with Crippen molar-refractivity contribution in [2.45, 2.75) is 57.2 Å². The molecule has 0 aliphatic rings. The lowest BCUT2D eigenvalue weighted by molar-refractivity contribution is -0.138. The molecule has 2 N–H and O–H groups in total. The van der Waals surface area contributed by atoms with E-state index in [0.29, 0.717) is 0 Å². The minimum atomic E-state index is -1.47. The third-order valence-electron chi connectivity index (χ3n) is 3.41. The molecule has 1 rings (SSSR count). The number of nitrogens with one attached hydrogen (secondary N) is 1. The van der Waals surface area contributed by atoms with Crippen LogP contribution in [-0.4, -0.2) is 25.9 Å². The predicted octanol–water partition coefficient (Wildman–Crippen LogP) is 3.18. The van der Waals surface area contributed by atoms with Gasteiger partial charge in [0.05, 0.1) is 12.0 Å². The summed E-state index contributed by atoms with van der Waals surface area (Å²) in [4.78, 5) is 11.1. The number of carboxylic acid groups (broad SMARTS) is 1. The molecule has 0 heterocycles. The molecule has 0 saturated heterocycles. The molecule has 0 amide bonds. The van der Waals surface area contributed by atoms with Crippen LogP contribution in [0, 0.1) is 11.6 Å². The third kappa shape index (κ3) is 6.08. The Hall–Kier alpha value is -1.18. The highest BCUT2D eigenvalue weighted by Gasteiger charge is 2.37. The summed E-state index contributed by atoms with van der Waals surface area (Å²) < 4.78 is 41.5. The van der Waals surface area contributed by atoms with Crippen LogP contribution < -0.4 is 4.72 Å². The van der Waals surface area contributed by atoms with E-state index in [0.717, 1.165) is 6.07 Å². The number of rotatable bonds is 7. The molecule has 0 aromatic heterocycles. The van der Waals surface area contributed by atoms with Gasteiger partial charge in [0.15, 0.2) is 11.6 Å². The topological polar surface area (TPSA) is 72.4 Å². The highest BCUT2D eigenvalue weighted by molar-refractivity contribution is 7.90. The molecular weight excluding hydrogens is 324 g/mol. The molecule has 0 bridgehead atoms. The molecule has 0 radical (unpaired) electrons. The molecule has 1 aromatic carbocycles. The van der Waals surface area contributed by atoms with E-state index in [2.05, 4.69) is 4.72 Å². The molecule has 0 saturated carbocycles. The van der Waals surface area contributed by atoms with Gasteiger partial charge in [-0.25, -0.2) is 8.78 Å². The Morgan fingerprint density at radius 3 is 2.43 bits per heavy atom. The van der Waals surface area contributed by atoms with Gasteiger partial charge >= 0.3 is 5.97 Å². The Morgan fingerprint density at radius 2 is 1.91 bits per heavy atom. The van der Waals surface area contributed by atoms with Crippen molar-refractivity contribution in [3.8, 4) is 0 Å². The second kappa shape index (κ2) is 7.59. The number of hydrogen-bond acceptors (Lipinski definition) is 3. The first-order valence-electron chi connectivity index (χ1n) is 7.29. The Labute approximate surface area is 138 Å². The van der Waals surface area contributed by atoms with E-state index in [4.69, 9.17) is 5.11 Å². The monoisotopic (exact) mass is 347 g/mol. The smallest absolute Gasteiger partial charge is 0.305 e. The summed E-state index contributed by atoms with van der Waals surface area (Å²) in [5.41, 5.74) is -0.826.